The first-order chi connectivity index (χ1) is 18.3. The Balaban J connectivity index is 1.33. The van der Waals surface area contributed by atoms with E-state index in [-0.39, 0.29) is 17.2 Å². The molecule has 2 fully saturated rings. The molecule has 2 N–H and O–H groups in total. The predicted molar refractivity (Wildman–Crippen MR) is 151 cm³/mol. The second-order valence-electron chi connectivity index (χ2n) is 10.5. The maximum atomic E-state index is 13.2. The average Bonchev–Trinajstić information content (AvgIpc) is 3.40. The normalized spacial score (nSPS) is 21.4. The number of nitrogens with zero attached hydrogens (tertiary/aromatic N) is 3. The molecule has 1 unspecified atom stereocenters. The summed E-state index contributed by atoms with van der Waals surface area (Å²) < 4.78 is 0. The van der Waals surface area contributed by atoms with Crippen molar-refractivity contribution in [1.29, 1.82) is 0 Å². The third-order valence-corrected chi connectivity index (χ3v) is 9.21. The van der Waals surface area contributed by atoms with Crippen molar-refractivity contribution in [1.82, 2.24) is 14.8 Å². The smallest absolute Gasteiger partial charge is 0.272 e. The van der Waals surface area contributed by atoms with E-state index < -0.39 is 5.41 Å². The van der Waals surface area contributed by atoms with Crippen LogP contribution in [0.2, 0.25) is 10.0 Å². The number of benzene rings is 2. The summed E-state index contributed by atoms with van der Waals surface area (Å²) in [5.41, 5.74) is 7.61. The molecular formula is C30H32Cl2N4O2. The number of hydrogen-bond acceptors (Lipinski definition) is 4. The first-order valence-electron chi connectivity index (χ1n) is 13.1. The number of likely N-dealkylation sites (tertiary alicyclic amines) is 2. The summed E-state index contributed by atoms with van der Waals surface area (Å²) in [4.78, 5) is 34.4. The highest BCUT2D eigenvalue weighted by molar-refractivity contribution is 6.42. The lowest BCUT2D eigenvalue weighted by Crippen LogP contribution is -2.50. The molecule has 3 aromatic rings. The molecule has 6 nitrogen and oxygen atoms in total. The Morgan fingerprint density at radius 1 is 0.868 bits per heavy atom. The van der Waals surface area contributed by atoms with Crippen molar-refractivity contribution in [2.24, 2.45) is 5.73 Å². The molecule has 0 bridgehead atoms. The summed E-state index contributed by atoms with van der Waals surface area (Å²) >= 11 is 12.7. The van der Waals surface area contributed by atoms with Crippen LogP contribution in [0.3, 0.4) is 0 Å². The topological polar surface area (TPSA) is 79.5 Å². The summed E-state index contributed by atoms with van der Waals surface area (Å²) in [6, 6.07) is 21.1. The molecule has 1 atom stereocenters. The minimum absolute atomic E-state index is 0.0559. The van der Waals surface area contributed by atoms with Crippen LogP contribution in [0.25, 0.3) is 0 Å². The molecule has 8 heteroatoms. The second kappa shape index (κ2) is 11.0. The maximum absolute atomic E-state index is 13.2. The van der Waals surface area contributed by atoms with E-state index in [0.717, 1.165) is 43.6 Å². The number of piperidine rings is 1. The van der Waals surface area contributed by atoms with E-state index in [4.69, 9.17) is 28.9 Å². The zero-order valence-corrected chi connectivity index (χ0v) is 22.8. The van der Waals surface area contributed by atoms with Crippen LogP contribution in [-0.4, -0.2) is 59.3 Å². The minimum Gasteiger partial charge on any atom is -0.369 e. The molecule has 5 rings (SSSR count). The molecule has 1 aromatic heterocycles. The molecule has 2 aliphatic rings. The lowest BCUT2D eigenvalue weighted by molar-refractivity contribution is -0.125. The van der Waals surface area contributed by atoms with Crippen LogP contribution in [0.5, 0.6) is 0 Å². The number of primary amides is 1. The highest BCUT2D eigenvalue weighted by Crippen LogP contribution is 2.41. The van der Waals surface area contributed by atoms with Gasteiger partial charge in [0.2, 0.25) is 5.91 Å². The quantitative estimate of drug-likeness (QED) is 0.444. The lowest BCUT2D eigenvalue weighted by atomic mass is 9.71. The van der Waals surface area contributed by atoms with Gasteiger partial charge in [-0.2, -0.15) is 0 Å². The summed E-state index contributed by atoms with van der Waals surface area (Å²) in [5.74, 6) is -0.310. The van der Waals surface area contributed by atoms with E-state index in [1.54, 1.807) is 12.3 Å². The van der Waals surface area contributed by atoms with Gasteiger partial charge in [0.25, 0.3) is 5.91 Å². The number of carbonyl (C=O) groups excluding carboxylic acids is 2. The first-order valence-corrected chi connectivity index (χ1v) is 13.8. The maximum Gasteiger partial charge on any atom is 0.272 e. The molecule has 198 valence electrons. The SMILES string of the molecule is NC(=O)C1(c2ccccc2)CCN(CCC2(c3ccc(Cl)c(Cl)c3)CCN(C(=O)c3ccccn3)C2)CC1. The number of amides is 2. The van der Waals surface area contributed by atoms with E-state index in [9.17, 15) is 9.59 Å². The standard InChI is InChI=1S/C30H32Cl2N4O2/c31-24-10-9-23(20-25(24)32)29(12-19-36(21-29)27(37)26-8-4-5-15-34-26)11-16-35-17-13-30(14-18-35,28(33)38)22-6-2-1-3-7-22/h1-10,15,20H,11-14,16-19,21H2,(H2,33,38). The zero-order valence-electron chi connectivity index (χ0n) is 21.3. The Kier molecular flexibility index (Phi) is 7.75. The second-order valence-corrected chi connectivity index (χ2v) is 11.3. The third kappa shape index (κ3) is 5.18. The number of pyridine rings is 1. The van der Waals surface area contributed by atoms with E-state index in [1.165, 1.54) is 0 Å². The molecule has 2 aromatic carbocycles. The van der Waals surface area contributed by atoms with Gasteiger partial charge in [-0.05, 0) is 80.7 Å². The number of aromatic nitrogens is 1. The molecule has 0 radical (unpaired) electrons. The van der Waals surface area contributed by atoms with Gasteiger partial charge in [-0.25, -0.2) is 0 Å². The largest absolute Gasteiger partial charge is 0.369 e. The van der Waals surface area contributed by atoms with Crippen LogP contribution in [0.15, 0.2) is 72.9 Å². The van der Waals surface area contributed by atoms with Crippen LogP contribution in [-0.2, 0) is 15.6 Å². The predicted octanol–water partition coefficient (Wildman–Crippen LogP) is 5.08. The monoisotopic (exact) mass is 550 g/mol. The fraction of sp³-hybridized carbons (Fsp3) is 0.367. The Bertz CT molecular complexity index is 1300. The molecule has 0 spiro atoms. The fourth-order valence-corrected chi connectivity index (χ4v) is 6.37. The van der Waals surface area contributed by atoms with Gasteiger partial charge in [0.1, 0.15) is 5.69 Å². The van der Waals surface area contributed by atoms with Gasteiger partial charge < -0.3 is 15.5 Å². The molecule has 0 aliphatic carbocycles. The van der Waals surface area contributed by atoms with Crippen molar-refractivity contribution in [3.63, 3.8) is 0 Å². The Morgan fingerprint density at radius 2 is 1.61 bits per heavy atom. The summed E-state index contributed by atoms with van der Waals surface area (Å²) in [6.45, 7) is 3.64. The molecule has 3 heterocycles. The molecule has 2 saturated heterocycles. The highest BCUT2D eigenvalue weighted by atomic mass is 35.5. The molecule has 2 aliphatic heterocycles. The minimum atomic E-state index is -0.627. The van der Waals surface area contributed by atoms with E-state index >= 15 is 0 Å². The molecular weight excluding hydrogens is 519 g/mol. The number of hydrogen-bond donors (Lipinski definition) is 1. The van der Waals surface area contributed by atoms with Crippen molar-refractivity contribution >= 4 is 35.0 Å². The number of rotatable bonds is 7. The first kappa shape index (κ1) is 26.7. The number of halogens is 2. The summed E-state index contributed by atoms with van der Waals surface area (Å²) in [7, 11) is 0. The van der Waals surface area contributed by atoms with E-state index in [2.05, 4.69) is 9.88 Å². The highest BCUT2D eigenvalue weighted by Gasteiger charge is 2.44. The van der Waals surface area contributed by atoms with E-state index in [1.807, 2.05) is 65.6 Å². The number of nitrogens with two attached hydrogens (primary N) is 1. The van der Waals surface area contributed by atoms with Crippen LogP contribution in [0.1, 0.15) is 47.3 Å². The summed E-state index contributed by atoms with van der Waals surface area (Å²) in [5, 5.41) is 1.04. The summed E-state index contributed by atoms with van der Waals surface area (Å²) in [6.07, 6.45) is 4.71. The van der Waals surface area contributed by atoms with Gasteiger partial charge >= 0.3 is 0 Å². The van der Waals surface area contributed by atoms with Crippen molar-refractivity contribution in [2.75, 3.05) is 32.7 Å². The Labute approximate surface area is 233 Å². The van der Waals surface area contributed by atoms with Crippen molar-refractivity contribution in [3.8, 4) is 0 Å². The average molecular weight is 552 g/mol. The van der Waals surface area contributed by atoms with Crippen LogP contribution in [0.4, 0.5) is 0 Å². The van der Waals surface area contributed by atoms with Crippen molar-refractivity contribution < 1.29 is 9.59 Å². The van der Waals surface area contributed by atoms with Crippen molar-refractivity contribution in [3.05, 3.63) is 99.8 Å². The van der Waals surface area contributed by atoms with Gasteiger partial charge in [0.15, 0.2) is 0 Å². The Hall–Kier alpha value is -2.93. The fourth-order valence-electron chi connectivity index (χ4n) is 6.07. The molecule has 0 saturated carbocycles. The molecule has 2 amide bonds. The van der Waals surface area contributed by atoms with E-state index in [0.29, 0.717) is 41.7 Å². The zero-order chi connectivity index (χ0) is 26.8. The van der Waals surface area contributed by atoms with Crippen LogP contribution >= 0.6 is 23.2 Å². The van der Waals surface area contributed by atoms with Gasteiger partial charge in [-0.15, -0.1) is 0 Å². The Morgan fingerprint density at radius 3 is 2.26 bits per heavy atom. The van der Waals surface area contributed by atoms with Gasteiger partial charge in [0.05, 0.1) is 15.5 Å². The van der Waals surface area contributed by atoms with Gasteiger partial charge in [-0.1, -0.05) is 65.7 Å². The van der Waals surface area contributed by atoms with Gasteiger partial charge in [-0.3, -0.25) is 14.6 Å². The lowest BCUT2D eigenvalue weighted by Gasteiger charge is -2.41. The number of carbonyl (C=O) groups is 2. The van der Waals surface area contributed by atoms with Gasteiger partial charge in [0, 0.05) is 24.7 Å². The van der Waals surface area contributed by atoms with Crippen LogP contribution in [0, 0.1) is 0 Å². The van der Waals surface area contributed by atoms with Crippen LogP contribution < -0.4 is 5.73 Å². The van der Waals surface area contributed by atoms with Crippen molar-refractivity contribution in [2.45, 2.75) is 36.5 Å². The third-order valence-electron chi connectivity index (χ3n) is 8.47. The molecule has 38 heavy (non-hydrogen) atoms.